The number of ether oxygens (including phenoxy) is 1. The number of carbonyl (C=O) groups is 1. The minimum absolute atomic E-state index is 0.0208. The summed E-state index contributed by atoms with van der Waals surface area (Å²) in [5, 5.41) is 10.6. The highest BCUT2D eigenvalue weighted by Gasteiger charge is 2.16. The first-order chi connectivity index (χ1) is 10.8. The molecule has 0 spiro atoms. The molecule has 2 aromatic heterocycles. The van der Waals surface area contributed by atoms with E-state index in [1.807, 2.05) is 16.8 Å². The van der Waals surface area contributed by atoms with Crippen molar-refractivity contribution in [1.29, 1.82) is 0 Å². The van der Waals surface area contributed by atoms with E-state index in [2.05, 4.69) is 15.5 Å². The van der Waals surface area contributed by atoms with Crippen molar-refractivity contribution in [3.63, 3.8) is 0 Å². The summed E-state index contributed by atoms with van der Waals surface area (Å²) in [6.45, 7) is 1.93. The molecule has 6 nitrogen and oxygen atoms in total. The summed E-state index contributed by atoms with van der Waals surface area (Å²) in [5.41, 5.74) is 0.910. The van der Waals surface area contributed by atoms with Crippen LogP contribution < -0.4 is 5.32 Å². The smallest absolute Gasteiger partial charge is 0.258 e. The number of aromatic nitrogens is 2. The highest BCUT2D eigenvalue weighted by Crippen LogP contribution is 2.20. The first-order valence-corrected chi connectivity index (χ1v) is 8.45. The second-order valence-electron chi connectivity index (χ2n) is 5.43. The second kappa shape index (κ2) is 7.51. The van der Waals surface area contributed by atoms with Crippen molar-refractivity contribution in [3.05, 3.63) is 22.7 Å². The van der Waals surface area contributed by atoms with Crippen LogP contribution in [0.2, 0.25) is 0 Å². The highest BCUT2D eigenvalue weighted by molar-refractivity contribution is 7.08. The first-order valence-electron chi connectivity index (χ1n) is 7.51. The molecule has 1 aliphatic heterocycles. The number of hydrogen-bond donors (Lipinski definition) is 1. The highest BCUT2D eigenvalue weighted by atomic mass is 32.1. The molecule has 0 saturated carbocycles. The summed E-state index contributed by atoms with van der Waals surface area (Å²) in [5.74, 6) is 1.52. The van der Waals surface area contributed by atoms with Crippen LogP contribution in [0.25, 0.3) is 11.5 Å². The molecule has 1 amide bonds. The summed E-state index contributed by atoms with van der Waals surface area (Å²) >= 11 is 1.57. The Kier molecular flexibility index (Phi) is 5.18. The third-order valence-corrected chi connectivity index (χ3v) is 4.40. The molecule has 118 valence electrons. The zero-order valence-electron chi connectivity index (χ0n) is 12.3. The molecule has 3 rings (SSSR count). The molecular weight excluding hydrogens is 302 g/mol. The number of hydrogen-bond acceptors (Lipinski definition) is 6. The van der Waals surface area contributed by atoms with Gasteiger partial charge in [0.1, 0.15) is 0 Å². The summed E-state index contributed by atoms with van der Waals surface area (Å²) in [6, 6.07) is 1.92. The van der Waals surface area contributed by atoms with Crippen molar-refractivity contribution in [2.75, 3.05) is 13.2 Å². The molecule has 1 atom stereocenters. The zero-order chi connectivity index (χ0) is 15.2. The standard InChI is InChI=1S/C15H19N3O3S/c19-14(4-3-11-2-1-6-20-9-11)16-8-13-17-15(21-18-13)12-5-7-22-10-12/h5,7,10-11H,1-4,6,8-9H2,(H,16,19)/t11-/m1/s1. The van der Waals surface area contributed by atoms with Gasteiger partial charge >= 0.3 is 0 Å². The number of amides is 1. The minimum Gasteiger partial charge on any atom is -0.381 e. The average Bonchev–Trinajstić information content (AvgIpc) is 3.22. The fourth-order valence-electron chi connectivity index (χ4n) is 2.47. The van der Waals surface area contributed by atoms with Crippen molar-refractivity contribution in [1.82, 2.24) is 15.5 Å². The van der Waals surface area contributed by atoms with Crippen LogP contribution in [0.3, 0.4) is 0 Å². The van der Waals surface area contributed by atoms with E-state index in [1.165, 1.54) is 0 Å². The summed E-state index contributed by atoms with van der Waals surface area (Å²) < 4.78 is 10.6. The van der Waals surface area contributed by atoms with Gasteiger partial charge in [-0.05, 0) is 36.6 Å². The number of thiophene rings is 1. The Hall–Kier alpha value is -1.73. The zero-order valence-corrected chi connectivity index (χ0v) is 13.1. The van der Waals surface area contributed by atoms with Gasteiger partial charge in [-0.3, -0.25) is 4.79 Å². The van der Waals surface area contributed by atoms with Crippen LogP contribution in [0.5, 0.6) is 0 Å². The molecule has 1 fully saturated rings. The van der Waals surface area contributed by atoms with Crippen molar-refractivity contribution in [2.45, 2.75) is 32.2 Å². The Bertz CT molecular complexity index is 591. The maximum atomic E-state index is 11.9. The van der Waals surface area contributed by atoms with Gasteiger partial charge in [0.15, 0.2) is 5.82 Å². The molecule has 22 heavy (non-hydrogen) atoms. The van der Waals surface area contributed by atoms with Gasteiger partial charge in [0.25, 0.3) is 5.89 Å². The van der Waals surface area contributed by atoms with E-state index in [1.54, 1.807) is 11.3 Å². The van der Waals surface area contributed by atoms with E-state index in [9.17, 15) is 4.79 Å². The maximum absolute atomic E-state index is 11.9. The van der Waals surface area contributed by atoms with E-state index in [-0.39, 0.29) is 5.91 Å². The minimum atomic E-state index is 0.0208. The van der Waals surface area contributed by atoms with E-state index < -0.39 is 0 Å². The van der Waals surface area contributed by atoms with Gasteiger partial charge in [-0.15, -0.1) is 0 Å². The normalized spacial score (nSPS) is 18.3. The van der Waals surface area contributed by atoms with Crippen molar-refractivity contribution in [2.24, 2.45) is 5.92 Å². The number of carbonyl (C=O) groups excluding carboxylic acids is 1. The van der Waals surface area contributed by atoms with Crippen LogP contribution >= 0.6 is 11.3 Å². The van der Waals surface area contributed by atoms with E-state index >= 15 is 0 Å². The Morgan fingerprint density at radius 1 is 1.50 bits per heavy atom. The molecule has 0 bridgehead atoms. The van der Waals surface area contributed by atoms with Crippen molar-refractivity contribution < 1.29 is 14.1 Å². The Morgan fingerprint density at radius 2 is 2.45 bits per heavy atom. The van der Waals surface area contributed by atoms with Gasteiger partial charge in [0, 0.05) is 25.0 Å². The van der Waals surface area contributed by atoms with Gasteiger partial charge in [-0.2, -0.15) is 16.3 Å². The predicted molar refractivity (Wildman–Crippen MR) is 82.2 cm³/mol. The third-order valence-electron chi connectivity index (χ3n) is 3.71. The number of nitrogens with zero attached hydrogens (tertiary/aromatic N) is 2. The predicted octanol–water partition coefficient (Wildman–Crippen LogP) is 2.62. The molecule has 1 N–H and O–H groups in total. The summed E-state index contributed by atoms with van der Waals surface area (Å²) in [6.07, 6.45) is 3.64. The van der Waals surface area contributed by atoms with Gasteiger partial charge in [0.05, 0.1) is 12.1 Å². The maximum Gasteiger partial charge on any atom is 0.258 e. The molecule has 3 heterocycles. The molecule has 0 unspecified atom stereocenters. The lowest BCUT2D eigenvalue weighted by Crippen LogP contribution is -2.25. The molecule has 7 heteroatoms. The van der Waals surface area contributed by atoms with E-state index in [0.717, 1.165) is 38.0 Å². The van der Waals surface area contributed by atoms with Crippen molar-refractivity contribution >= 4 is 17.2 Å². The number of rotatable bonds is 6. The van der Waals surface area contributed by atoms with Crippen LogP contribution in [0, 0.1) is 5.92 Å². The van der Waals surface area contributed by atoms with Crippen LogP contribution in [-0.4, -0.2) is 29.3 Å². The first kappa shape index (κ1) is 15.2. The van der Waals surface area contributed by atoms with E-state index in [4.69, 9.17) is 9.26 Å². The lowest BCUT2D eigenvalue weighted by Gasteiger charge is -2.21. The fraction of sp³-hybridized carbons (Fsp3) is 0.533. The van der Waals surface area contributed by atoms with Crippen LogP contribution in [-0.2, 0) is 16.1 Å². The van der Waals surface area contributed by atoms with Gasteiger partial charge in [-0.25, -0.2) is 0 Å². The Labute approximate surface area is 132 Å². The molecule has 0 aromatic carbocycles. The quantitative estimate of drug-likeness (QED) is 0.885. The SMILES string of the molecule is O=C(CC[C@H]1CCCOC1)NCc1noc(-c2ccsc2)n1. The summed E-state index contributed by atoms with van der Waals surface area (Å²) in [7, 11) is 0. The topological polar surface area (TPSA) is 77.2 Å². The molecule has 1 aliphatic rings. The summed E-state index contributed by atoms with van der Waals surface area (Å²) in [4.78, 5) is 16.1. The molecule has 0 aliphatic carbocycles. The molecule has 0 radical (unpaired) electrons. The van der Waals surface area contributed by atoms with Crippen LogP contribution in [0.15, 0.2) is 21.3 Å². The Balaban J connectivity index is 1.41. The largest absolute Gasteiger partial charge is 0.381 e. The lowest BCUT2D eigenvalue weighted by atomic mass is 9.97. The fourth-order valence-corrected chi connectivity index (χ4v) is 3.10. The number of nitrogens with one attached hydrogen (secondary N) is 1. The molecule has 1 saturated heterocycles. The Morgan fingerprint density at radius 3 is 3.23 bits per heavy atom. The molecule has 2 aromatic rings. The third kappa shape index (κ3) is 4.14. The van der Waals surface area contributed by atoms with E-state index in [0.29, 0.717) is 30.6 Å². The van der Waals surface area contributed by atoms with Gasteiger partial charge in [-0.1, -0.05) is 5.16 Å². The average molecular weight is 321 g/mol. The lowest BCUT2D eigenvalue weighted by molar-refractivity contribution is -0.121. The van der Waals surface area contributed by atoms with Crippen LogP contribution in [0.1, 0.15) is 31.5 Å². The second-order valence-corrected chi connectivity index (χ2v) is 6.21. The van der Waals surface area contributed by atoms with Crippen LogP contribution in [0.4, 0.5) is 0 Å². The van der Waals surface area contributed by atoms with Gasteiger partial charge in [0.2, 0.25) is 5.91 Å². The molecular formula is C15H19N3O3S. The van der Waals surface area contributed by atoms with Crippen molar-refractivity contribution in [3.8, 4) is 11.5 Å². The van der Waals surface area contributed by atoms with Gasteiger partial charge < -0.3 is 14.6 Å². The monoisotopic (exact) mass is 321 g/mol.